The highest BCUT2D eigenvalue weighted by Gasteiger charge is 2.20. The molecule has 3 aromatic rings. The molecule has 1 unspecified atom stereocenters. The van der Waals surface area contributed by atoms with Crippen molar-refractivity contribution in [2.45, 2.75) is 57.8 Å². The first-order valence-corrected chi connectivity index (χ1v) is 11.3. The first kappa shape index (κ1) is 22.2. The maximum absolute atomic E-state index is 12.7. The maximum Gasteiger partial charge on any atom is 0.230 e. The molecule has 30 heavy (non-hydrogen) atoms. The van der Waals surface area contributed by atoms with Gasteiger partial charge in [-0.1, -0.05) is 69.8 Å². The number of benzene rings is 1. The molecule has 0 aliphatic carbocycles. The van der Waals surface area contributed by atoms with Crippen molar-refractivity contribution in [3.05, 3.63) is 65.9 Å². The number of hydrogen-bond acceptors (Lipinski definition) is 5. The molecule has 1 aromatic carbocycles. The minimum atomic E-state index is -0.00634. The predicted molar refractivity (Wildman–Crippen MR) is 119 cm³/mol. The van der Waals surface area contributed by atoms with Crippen LogP contribution in [-0.4, -0.2) is 26.4 Å². The van der Waals surface area contributed by atoms with Crippen LogP contribution in [-0.2, 0) is 11.3 Å². The van der Waals surface area contributed by atoms with Crippen molar-refractivity contribution in [3.63, 3.8) is 0 Å². The number of hydrogen-bond donors (Lipinski definition) is 1. The summed E-state index contributed by atoms with van der Waals surface area (Å²) in [5.41, 5.74) is 1.13. The summed E-state index contributed by atoms with van der Waals surface area (Å²) in [5.74, 6) is 2.71. The summed E-state index contributed by atoms with van der Waals surface area (Å²) in [7, 11) is 0. The Bertz CT molecular complexity index is 920. The molecule has 6 nitrogen and oxygen atoms in total. The third-order valence-electron chi connectivity index (χ3n) is 4.73. The van der Waals surface area contributed by atoms with Crippen LogP contribution < -0.4 is 5.32 Å². The summed E-state index contributed by atoms with van der Waals surface area (Å²) in [6, 6.07) is 13.9. The number of rotatable bonds is 10. The molecule has 0 radical (unpaired) electrons. The fourth-order valence-corrected chi connectivity index (χ4v) is 4.10. The second-order valence-electron chi connectivity index (χ2n) is 8.11. The van der Waals surface area contributed by atoms with E-state index in [9.17, 15) is 4.79 Å². The summed E-state index contributed by atoms with van der Waals surface area (Å²) in [6.07, 6.45) is 2.56. The predicted octanol–water partition coefficient (Wildman–Crippen LogP) is 5.04. The summed E-state index contributed by atoms with van der Waals surface area (Å²) in [5, 5.41) is 12.6. The van der Waals surface area contributed by atoms with Gasteiger partial charge in [-0.25, -0.2) is 0 Å². The van der Waals surface area contributed by atoms with Crippen LogP contribution in [0.1, 0.15) is 63.2 Å². The van der Waals surface area contributed by atoms with E-state index in [1.165, 1.54) is 11.8 Å². The van der Waals surface area contributed by atoms with Crippen molar-refractivity contribution in [3.8, 4) is 0 Å². The number of amides is 1. The number of carbonyl (C=O) groups is 1. The van der Waals surface area contributed by atoms with Gasteiger partial charge in [-0.15, -0.1) is 10.2 Å². The maximum atomic E-state index is 12.7. The normalized spacial score (nSPS) is 12.5. The molecule has 1 atom stereocenters. The molecule has 0 spiro atoms. The highest BCUT2D eigenvalue weighted by Crippen LogP contribution is 2.24. The van der Waals surface area contributed by atoms with E-state index >= 15 is 0 Å². The SMILES string of the molecule is CC(C)CC(NC(=O)CSc1nnc(C(C)C)n1Cc1ccco1)c1ccccc1. The van der Waals surface area contributed by atoms with Crippen LogP contribution in [0.25, 0.3) is 0 Å². The highest BCUT2D eigenvalue weighted by molar-refractivity contribution is 7.99. The lowest BCUT2D eigenvalue weighted by Crippen LogP contribution is -2.31. The Morgan fingerprint density at radius 1 is 1.10 bits per heavy atom. The molecule has 0 aliphatic heterocycles. The number of carbonyl (C=O) groups excluding carboxylic acids is 1. The molecule has 2 heterocycles. The lowest BCUT2D eigenvalue weighted by atomic mass is 9.97. The van der Waals surface area contributed by atoms with Crippen LogP contribution in [0.15, 0.2) is 58.3 Å². The van der Waals surface area contributed by atoms with Crippen LogP contribution in [0, 0.1) is 5.92 Å². The van der Waals surface area contributed by atoms with Crippen LogP contribution in [0.5, 0.6) is 0 Å². The van der Waals surface area contributed by atoms with Crippen molar-refractivity contribution in [1.29, 1.82) is 0 Å². The van der Waals surface area contributed by atoms with Gasteiger partial charge >= 0.3 is 0 Å². The van der Waals surface area contributed by atoms with Gasteiger partial charge in [0.1, 0.15) is 11.6 Å². The zero-order valence-electron chi connectivity index (χ0n) is 18.0. The molecule has 2 aromatic heterocycles. The van der Waals surface area contributed by atoms with Crippen molar-refractivity contribution < 1.29 is 9.21 Å². The molecular formula is C23H30N4O2S. The number of furan rings is 1. The lowest BCUT2D eigenvalue weighted by Gasteiger charge is -2.21. The van der Waals surface area contributed by atoms with Gasteiger partial charge in [0, 0.05) is 5.92 Å². The Morgan fingerprint density at radius 2 is 1.87 bits per heavy atom. The van der Waals surface area contributed by atoms with Gasteiger partial charge in [0.2, 0.25) is 5.91 Å². The van der Waals surface area contributed by atoms with E-state index in [0.29, 0.717) is 12.5 Å². The summed E-state index contributed by atoms with van der Waals surface area (Å²) < 4.78 is 7.53. The molecule has 1 N–H and O–H groups in total. The van der Waals surface area contributed by atoms with Gasteiger partial charge in [0.15, 0.2) is 5.16 Å². The van der Waals surface area contributed by atoms with Gasteiger partial charge in [0.25, 0.3) is 0 Å². The molecule has 0 aliphatic rings. The summed E-state index contributed by atoms with van der Waals surface area (Å²) in [6.45, 7) is 9.06. The largest absolute Gasteiger partial charge is 0.467 e. The molecule has 1 amide bonds. The van der Waals surface area contributed by atoms with E-state index in [-0.39, 0.29) is 23.6 Å². The average Bonchev–Trinajstić information content (AvgIpc) is 3.36. The minimum absolute atomic E-state index is 0.00603. The molecule has 3 rings (SSSR count). The number of nitrogens with zero attached hydrogens (tertiary/aromatic N) is 3. The van der Waals surface area contributed by atoms with E-state index in [2.05, 4.69) is 55.3 Å². The van der Waals surface area contributed by atoms with Crippen LogP contribution >= 0.6 is 11.8 Å². The Balaban J connectivity index is 1.67. The Kier molecular flexibility index (Phi) is 7.74. The molecule has 7 heteroatoms. The van der Waals surface area contributed by atoms with E-state index < -0.39 is 0 Å². The van der Waals surface area contributed by atoms with Crippen LogP contribution in [0.2, 0.25) is 0 Å². The van der Waals surface area contributed by atoms with Crippen molar-refractivity contribution in [1.82, 2.24) is 20.1 Å². The molecule has 0 fully saturated rings. The fraction of sp³-hybridized carbons (Fsp3) is 0.435. The Hall–Kier alpha value is -2.54. The minimum Gasteiger partial charge on any atom is -0.467 e. The molecule has 0 saturated heterocycles. The lowest BCUT2D eigenvalue weighted by molar-refractivity contribution is -0.119. The third-order valence-corrected chi connectivity index (χ3v) is 5.70. The van der Waals surface area contributed by atoms with Gasteiger partial charge in [-0.3, -0.25) is 9.36 Å². The molecular weight excluding hydrogens is 396 g/mol. The molecule has 0 bridgehead atoms. The number of aromatic nitrogens is 3. The second kappa shape index (κ2) is 10.5. The average molecular weight is 427 g/mol. The van der Waals surface area contributed by atoms with Crippen molar-refractivity contribution >= 4 is 17.7 Å². The monoisotopic (exact) mass is 426 g/mol. The number of nitrogens with one attached hydrogen (secondary N) is 1. The first-order chi connectivity index (χ1) is 14.4. The van der Waals surface area contributed by atoms with Gasteiger partial charge in [-0.2, -0.15) is 0 Å². The Labute approximate surface area is 182 Å². The second-order valence-corrected chi connectivity index (χ2v) is 9.05. The van der Waals surface area contributed by atoms with Crippen LogP contribution in [0.3, 0.4) is 0 Å². The molecule has 0 saturated carbocycles. The zero-order valence-corrected chi connectivity index (χ0v) is 18.9. The quantitative estimate of drug-likeness (QED) is 0.460. The van der Waals surface area contributed by atoms with E-state index in [1.807, 2.05) is 34.9 Å². The topological polar surface area (TPSA) is 73.0 Å². The smallest absolute Gasteiger partial charge is 0.230 e. The summed E-state index contributed by atoms with van der Waals surface area (Å²) in [4.78, 5) is 12.7. The molecule has 160 valence electrons. The van der Waals surface area contributed by atoms with Crippen molar-refractivity contribution in [2.24, 2.45) is 5.92 Å². The fourth-order valence-electron chi connectivity index (χ4n) is 3.34. The van der Waals surface area contributed by atoms with E-state index in [0.717, 1.165) is 28.7 Å². The van der Waals surface area contributed by atoms with Gasteiger partial charge in [-0.05, 0) is 30.0 Å². The van der Waals surface area contributed by atoms with Crippen molar-refractivity contribution in [2.75, 3.05) is 5.75 Å². The Morgan fingerprint density at radius 3 is 2.50 bits per heavy atom. The van der Waals surface area contributed by atoms with E-state index in [4.69, 9.17) is 4.42 Å². The third kappa shape index (κ3) is 5.98. The van der Waals surface area contributed by atoms with Crippen LogP contribution in [0.4, 0.5) is 0 Å². The van der Waals surface area contributed by atoms with Gasteiger partial charge in [0.05, 0.1) is 24.6 Å². The van der Waals surface area contributed by atoms with E-state index in [1.54, 1.807) is 6.26 Å². The zero-order chi connectivity index (χ0) is 21.5. The summed E-state index contributed by atoms with van der Waals surface area (Å²) >= 11 is 1.41. The highest BCUT2D eigenvalue weighted by atomic mass is 32.2. The number of thioether (sulfide) groups is 1. The first-order valence-electron chi connectivity index (χ1n) is 10.4. The standard InChI is InChI=1S/C23H30N4O2S/c1-16(2)13-20(18-9-6-5-7-10-18)24-21(28)15-30-23-26-25-22(17(3)4)27(23)14-19-11-8-12-29-19/h5-12,16-17,20H,13-15H2,1-4H3,(H,24,28). The van der Waals surface area contributed by atoms with Gasteiger partial charge < -0.3 is 9.73 Å².